The first-order valence-electron chi connectivity index (χ1n) is 43.1. The first-order valence-corrected chi connectivity index (χ1v) is 49.2. The largest absolute Gasteiger partial charge is 0.520 e. The van der Waals surface area contributed by atoms with Gasteiger partial charge in [0.25, 0.3) is 5.95 Å². The normalized spacial score (nSPS) is 16.1. The van der Waals surface area contributed by atoms with Crippen molar-refractivity contribution in [3.05, 3.63) is 320 Å². The van der Waals surface area contributed by atoms with Gasteiger partial charge in [0.15, 0.2) is 0 Å². The van der Waals surface area contributed by atoms with Crippen LogP contribution in [-0.2, 0) is 93.8 Å². The molecule has 7 unspecified atom stereocenters. The van der Waals surface area contributed by atoms with Crippen LogP contribution in [0, 0.1) is 10.8 Å². The van der Waals surface area contributed by atoms with E-state index in [-0.39, 0.29) is 79.1 Å². The fourth-order valence-electron chi connectivity index (χ4n) is 16.1. The summed E-state index contributed by atoms with van der Waals surface area (Å²) in [5.41, 5.74) is 19.9. The molecule has 125 heavy (non-hydrogen) atoms. The smallest absolute Gasteiger partial charge is 0.373 e. The number of carboxylic acid groups (broad SMARTS) is 1. The number of methoxy groups -OCH3 is 1. The van der Waals surface area contributed by atoms with Crippen molar-refractivity contribution in [2.45, 2.75) is 228 Å². The quantitative estimate of drug-likeness (QED) is 0.00974. The van der Waals surface area contributed by atoms with Crippen molar-refractivity contribution in [3.8, 4) is 0 Å². The molecule has 0 amide bonds. The topological polar surface area (TPSA) is 220 Å². The molecule has 8 aromatic rings. The van der Waals surface area contributed by atoms with Crippen molar-refractivity contribution in [2.24, 2.45) is 10.8 Å². The number of aldehydes is 1. The van der Waals surface area contributed by atoms with Gasteiger partial charge >= 0.3 is 36.2 Å². The lowest BCUT2D eigenvalue weighted by atomic mass is 9.74. The number of hydrogen-bond donors (Lipinski definition) is 1. The van der Waals surface area contributed by atoms with Gasteiger partial charge in [0.1, 0.15) is 26.1 Å². The number of halogens is 1. The number of ether oxygens (including phenoxy) is 4. The van der Waals surface area contributed by atoms with Crippen molar-refractivity contribution in [2.75, 3.05) is 26.9 Å². The molecule has 18 heteroatoms. The fraction of sp³-hybridized carbons (Fsp3) is 0.383. The number of fused-ring (bicyclic) bond motifs is 5. The Bertz CT molecular complexity index is 4930. The van der Waals surface area contributed by atoms with Gasteiger partial charge in [-0.15, -0.1) is 0 Å². The molecule has 8 aromatic carbocycles. The molecule has 15 nitrogen and oxygen atoms in total. The van der Waals surface area contributed by atoms with Gasteiger partial charge in [-0.1, -0.05) is 294 Å². The zero-order valence-corrected chi connectivity index (χ0v) is 80.1. The van der Waals surface area contributed by atoms with Crippen molar-refractivity contribution in [3.63, 3.8) is 0 Å². The lowest BCUT2D eigenvalue weighted by molar-refractivity contribution is -0.193. The molecule has 5 aliphatic carbocycles. The molecule has 666 valence electrons. The van der Waals surface area contributed by atoms with Gasteiger partial charge in [-0.2, -0.15) is 19.2 Å². The second-order valence-corrected chi connectivity index (χ2v) is 44.1. The third-order valence-corrected chi connectivity index (χ3v) is 27.9. The van der Waals surface area contributed by atoms with E-state index in [2.05, 4.69) is 241 Å². The fourth-order valence-corrected chi connectivity index (χ4v) is 21.0. The second kappa shape index (κ2) is 52.3. The highest BCUT2D eigenvalue weighted by Gasteiger charge is 2.34. The molecule has 0 aliphatic heterocycles. The molecule has 13 rings (SSSR count). The van der Waals surface area contributed by atoms with E-state index in [9.17, 15) is 24.0 Å². The first kappa shape index (κ1) is 105. The summed E-state index contributed by atoms with van der Waals surface area (Å²) in [6.07, 6.45) is 22.3. The molecule has 0 saturated carbocycles. The van der Waals surface area contributed by atoms with Crippen LogP contribution in [0.5, 0.6) is 0 Å². The van der Waals surface area contributed by atoms with Gasteiger partial charge in [-0.05, 0) is 269 Å². The van der Waals surface area contributed by atoms with Crippen LogP contribution in [-0.4, -0.2) is 88.6 Å². The minimum atomic E-state index is -2.28. The van der Waals surface area contributed by atoms with Gasteiger partial charge < -0.3 is 28.5 Å². The zero-order chi connectivity index (χ0) is 92.6. The number of carbonyl (C=O) groups excluding carboxylic acids is 8. The third kappa shape index (κ3) is 33.7. The summed E-state index contributed by atoms with van der Waals surface area (Å²) in [6.45, 7) is 43.8. The van der Waals surface area contributed by atoms with Crippen LogP contribution in [0.1, 0.15) is 259 Å². The number of rotatable bonds is 22. The Morgan fingerprint density at radius 3 is 1.17 bits per heavy atom. The summed E-state index contributed by atoms with van der Waals surface area (Å²) in [7, 11) is 0.154. The maximum Gasteiger partial charge on any atom is 0.373 e. The van der Waals surface area contributed by atoms with Crippen LogP contribution in [0.4, 0.5) is 0 Å². The van der Waals surface area contributed by atoms with E-state index < -0.39 is 21.2 Å². The Hall–Kier alpha value is -10.6. The summed E-state index contributed by atoms with van der Waals surface area (Å²) in [6, 6.07) is 63.0. The highest BCUT2D eigenvalue weighted by molar-refractivity contribution is 9.10. The summed E-state index contributed by atoms with van der Waals surface area (Å²) < 4.78 is 27.3. The standard InChI is InChI=1S/C23H21O2P.C20H28O2.C17H24O2.C16H18O2.C11H12O.C10H11Br.C8H18O2Si.2CO2/c1-2-18-25-23(24)19-26(20-12-6-3-7-13-20,21-14-8-4-9-15-21)22-16-10-5-11-17-22;1-6-11-22-19(21)13-18(20(3,4)5)16-10-9-15-8-7-14(2)17(15)12-16;1-11-5-6-12-7-8-13(9-14(11)12)15(10-16(18)19)17(2,3)4;1-3-10-18-16(17)9-6-13-5-8-14-7-4-12(2)15(14)11-13;1-8-2-4-10-5-3-9(7-12)6-11(8)10;1-7-2-3-8-4-5-9(11)6-10(7)8;1-7(2)8(9-3)10-11(4,5)6;2*2-1-3/h2-17,19H,1,18H2;6,9-10,12,14,18H,1,7-8,11,13H2,2-5H3;7-9,11,15H,5-6,10H2,1-4H3,(H,18,19);3,5-6,8-9,11-12H,1,4,7,10H2,2H3;3,5-8H,2,4H2,1H3;4-7H,2-3H2,1H3;1-6H3;;/b;;;9-6+;;;;;. The molecule has 0 bridgehead atoms. The number of aliphatic carboxylic acids is 1. The molecule has 0 aromatic heterocycles. The van der Waals surface area contributed by atoms with Crippen molar-refractivity contribution < 1.29 is 71.6 Å². The molecule has 5 aliphatic rings. The predicted molar refractivity (Wildman–Crippen MR) is 514 cm³/mol. The average Bonchev–Trinajstić information content (AvgIpc) is 1.56. The molecule has 0 spiro atoms. The average molecular weight is 1800 g/mol. The van der Waals surface area contributed by atoms with E-state index in [1.54, 1.807) is 48.3 Å². The molecular formula is C107H132BrO15PSi. The number of hydrogen-bond acceptors (Lipinski definition) is 14. The van der Waals surface area contributed by atoms with E-state index in [1.807, 2.05) is 86.6 Å². The number of benzene rings is 8. The van der Waals surface area contributed by atoms with Crippen LogP contribution in [0.15, 0.2) is 242 Å². The number of carbonyl (C=O) groups is 5. The number of esters is 3. The van der Waals surface area contributed by atoms with Crippen molar-refractivity contribution >= 4 is 101 Å². The maximum atomic E-state index is 12.6. The Morgan fingerprint density at radius 1 is 0.488 bits per heavy atom. The monoisotopic (exact) mass is 1790 g/mol. The van der Waals surface area contributed by atoms with E-state index in [0.717, 1.165) is 51.2 Å². The van der Waals surface area contributed by atoms with Crippen LogP contribution in [0.25, 0.3) is 6.08 Å². The second-order valence-electron chi connectivity index (χ2n) is 35.5. The molecular weight excluding hydrogens is 1660 g/mol. The van der Waals surface area contributed by atoms with Crippen molar-refractivity contribution in [1.29, 1.82) is 0 Å². The summed E-state index contributed by atoms with van der Waals surface area (Å²) in [5, 5.41) is 12.5. The SMILES string of the molecule is C=CCOC(=O)/C=C/c1ccc2c(c1)C(C)CC2.C=CCOC(=O)C=P(c1ccccc1)(c1ccccc1)c1ccccc1.C=CCOC(=O)CC(c1ccc2c(c1)C(C)CC2)C(C)(C)C.CC1CCc2ccc(Br)cc21.CC1CCc2ccc(C(CC(=O)O)C(C)(C)C)cc21.CC1CCc2ccc(C=O)cc21.COC(O[Si](C)(C)C)=C(C)C.O=C=O.O=C=O. The minimum absolute atomic E-state index is 0.0171. The molecule has 0 radical (unpaired) electrons. The van der Waals surface area contributed by atoms with Gasteiger partial charge in [-0.25, -0.2) is 9.59 Å². The Kier molecular flexibility index (Phi) is 43.9. The molecule has 7 atom stereocenters. The Balaban J connectivity index is 0.000000261. The van der Waals surface area contributed by atoms with E-state index in [0.29, 0.717) is 36.0 Å². The van der Waals surface area contributed by atoms with Crippen LogP contribution in [0.3, 0.4) is 0 Å². The third-order valence-electron chi connectivity index (χ3n) is 22.7. The highest BCUT2D eigenvalue weighted by atomic mass is 79.9. The lowest BCUT2D eigenvalue weighted by Gasteiger charge is -2.31. The number of carboxylic acids is 1. The zero-order valence-electron chi connectivity index (χ0n) is 76.6. The summed E-state index contributed by atoms with van der Waals surface area (Å²) >= 11 is 3.49. The maximum absolute atomic E-state index is 12.6. The van der Waals surface area contributed by atoms with Crippen molar-refractivity contribution in [1.82, 2.24) is 0 Å². The Labute approximate surface area is 753 Å². The highest BCUT2D eigenvalue weighted by Crippen LogP contribution is 2.46. The minimum Gasteiger partial charge on any atom is -0.520 e. The molecule has 0 saturated heterocycles. The van der Waals surface area contributed by atoms with E-state index >= 15 is 0 Å². The number of allylic oxidation sites excluding steroid dienone is 1. The summed E-state index contributed by atoms with van der Waals surface area (Å²) in [4.78, 5) is 90.2. The van der Waals surface area contributed by atoms with Gasteiger partial charge in [0.2, 0.25) is 8.32 Å². The summed E-state index contributed by atoms with van der Waals surface area (Å²) in [5.74, 6) is 4.46. The van der Waals surface area contributed by atoms with Gasteiger partial charge in [-0.3, -0.25) is 14.4 Å². The van der Waals surface area contributed by atoms with Gasteiger partial charge in [0.05, 0.1) is 20.0 Å². The Morgan fingerprint density at radius 2 is 0.824 bits per heavy atom. The van der Waals surface area contributed by atoms with Crippen LogP contribution < -0.4 is 15.9 Å². The lowest BCUT2D eigenvalue weighted by Crippen LogP contribution is -2.29. The van der Waals surface area contributed by atoms with E-state index in [1.165, 1.54) is 124 Å². The molecule has 0 fully saturated rings. The van der Waals surface area contributed by atoms with Gasteiger partial charge in [0, 0.05) is 27.5 Å². The molecule has 1 N–H and O–H groups in total. The molecule has 0 heterocycles. The predicted octanol–water partition coefficient (Wildman–Crippen LogP) is 23.9. The van der Waals surface area contributed by atoms with Crippen LogP contribution in [0.2, 0.25) is 19.6 Å². The number of aryl methyl sites for hydroxylation is 5. The first-order chi connectivity index (χ1) is 59.4. The van der Waals surface area contributed by atoms with Crippen LogP contribution >= 0.6 is 22.8 Å². The van der Waals surface area contributed by atoms with E-state index in [4.69, 9.17) is 47.7 Å².